The van der Waals surface area contributed by atoms with Crippen LogP contribution in [0.4, 0.5) is 0 Å². The maximum Gasteiger partial charge on any atom is 0.227 e. The summed E-state index contributed by atoms with van der Waals surface area (Å²) < 4.78 is 5.32. The third-order valence-corrected chi connectivity index (χ3v) is 3.11. The zero-order valence-electron chi connectivity index (χ0n) is 11.8. The number of carbonyl (C=O) groups is 2. The van der Waals surface area contributed by atoms with Crippen LogP contribution in [-0.2, 0) is 14.3 Å². The van der Waals surface area contributed by atoms with E-state index in [1.807, 2.05) is 13.8 Å². The van der Waals surface area contributed by atoms with Crippen LogP contribution in [0, 0.1) is 5.92 Å². The largest absolute Gasteiger partial charge is 0.379 e. The number of hydrogen-bond acceptors (Lipinski definition) is 4. The molecule has 1 rings (SSSR count). The molecule has 2 amide bonds. The fourth-order valence-electron chi connectivity index (χ4n) is 2.06. The van der Waals surface area contributed by atoms with Crippen molar-refractivity contribution in [3.63, 3.8) is 0 Å². The third kappa shape index (κ3) is 5.57. The van der Waals surface area contributed by atoms with Gasteiger partial charge < -0.3 is 20.7 Å². The lowest BCUT2D eigenvalue weighted by molar-refractivity contribution is -0.125. The molecular formula is C13H25N3O3. The van der Waals surface area contributed by atoms with Gasteiger partial charge in [0.25, 0.3) is 0 Å². The molecule has 1 saturated heterocycles. The Morgan fingerprint density at radius 3 is 2.63 bits per heavy atom. The van der Waals surface area contributed by atoms with Crippen molar-refractivity contribution in [2.75, 3.05) is 32.8 Å². The molecule has 0 aromatic carbocycles. The third-order valence-electron chi connectivity index (χ3n) is 3.11. The summed E-state index contributed by atoms with van der Waals surface area (Å²) in [6.07, 6.45) is 1.24. The number of likely N-dealkylation sites (N-methyl/N-ethyl adjacent to an activating group) is 1. The number of nitrogens with one attached hydrogen (secondary N) is 3. The smallest absolute Gasteiger partial charge is 0.227 e. The molecule has 2 unspecified atom stereocenters. The molecule has 19 heavy (non-hydrogen) atoms. The Morgan fingerprint density at radius 1 is 1.16 bits per heavy atom. The lowest BCUT2D eigenvalue weighted by atomic mass is 10.0. The minimum Gasteiger partial charge on any atom is -0.379 e. The number of ether oxygens (including phenoxy) is 1. The Morgan fingerprint density at radius 2 is 1.95 bits per heavy atom. The van der Waals surface area contributed by atoms with Gasteiger partial charge in [-0.05, 0) is 13.0 Å². The van der Waals surface area contributed by atoms with Crippen LogP contribution < -0.4 is 16.0 Å². The van der Waals surface area contributed by atoms with E-state index in [-0.39, 0.29) is 23.8 Å². The van der Waals surface area contributed by atoms with Gasteiger partial charge in [0.05, 0.1) is 19.1 Å². The maximum atomic E-state index is 12.0. The maximum absolute atomic E-state index is 12.0. The topological polar surface area (TPSA) is 79.5 Å². The lowest BCUT2D eigenvalue weighted by Crippen LogP contribution is -2.44. The first-order valence-electron chi connectivity index (χ1n) is 7.04. The van der Waals surface area contributed by atoms with Crippen LogP contribution in [0.5, 0.6) is 0 Å². The fourth-order valence-corrected chi connectivity index (χ4v) is 2.06. The number of rotatable bonds is 8. The molecule has 0 aliphatic carbocycles. The molecule has 2 atom stereocenters. The second kappa shape index (κ2) is 8.87. The first-order valence-corrected chi connectivity index (χ1v) is 7.04. The van der Waals surface area contributed by atoms with Gasteiger partial charge in [0.1, 0.15) is 0 Å². The van der Waals surface area contributed by atoms with Crippen molar-refractivity contribution in [2.24, 2.45) is 5.92 Å². The Kier molecular flexibility index (Phi) is 7.43. The Labute approximate surface area is 114 Å². The Hall–Kier alpha value is -1.14. The van der Waals surface area contributed by atoms with Crippen LogP contribution in [-0.4, -0.2) is 50.7 Å². The molecule has 1 fully saturated rings. The van der Waals surface area contributed by atoms with E-state index in [1.54, 1.807) is 0 Å². The molecule has 0 saturated carbocycles. The SMILES string of the molecule is CCCNC(=O)CCNC(=O)C1COCC1NCC. The average Bonchev–Trinajstić information content (AvgIpc) is 2.85. The summed E-state index contributed by atoms with van der Waals surface area (Å²) in [6.45, 7) is 6.91. The standard InChI is InChI=1S/C13H25N3O3/c1-3-6-15-12(17)5-7-16-13(18)10-8-19-9-11(10)14-4-2/h10-11,14H,3-9H2,1-2H3,(H,15,17)(H,16,18). The molecule has 1 heterocycles. The number of hydrogen-bond donors (Lipinski definition) is 3. The molecule has 1 aliphatic rings. The highest BCUT2D eigenvalue weighted by Gasteiger charge is 2.33. The van der Waals surface area contributed by atoms with Crippen molar-refractivity contribution in [1.29, 1.82) is 0 Å². The molecule has 0 aromatic heterocycles. The normalized spacial score (nSPS) is 22.2. The summed E-state index contributed by atoms with van der Waals surface area (Å²) in [6, 6.07) is 0.0823. The van der Waals surface area contributed by atoms with Crippen LogP contribution >= 0.6 is 0 Å². The number of carbonyl (C=O) groups excluding carboxylic acids is 2. The fraction of sp³-hybridized carbons (Fsp3) is 0.846. The Bertz CT molecular complexity index is 297. The summed E-state index contributed by atoms with van der Waals surface area (Å²) in [5, 5.41) is 8.82. The van der Waals surface area contributed by atoms with E-state index in [9.17, 15) is 9.59 Å². The number of amides is 2. The van der Waals surface area contributed by atoms with E-state index in [0.717, 1.165) is 13.0 Å². The molecule has 0 bridgehead atoms. The van der Waals surface area contributed by atoms with Gasteiger partial charge >= 0.3 is 0 Å². The van der Waals surface area contributed by atoms with Gasteiger partial charge in [0.2, 0.25) is 11.8 Å². The minimum absolute atomic E-state index is 0.0203. The summed E-state index contributed by atoms with van der Waals surface area (Å²) in [5.74, 6) is -0.210. The minimum atomic E-state index is -0.154. The van der Waals surface area contributed by atoms with Crippen LogP contribution in [0.1, 0.15) is 26.7 Å². The van der Waals surface area contributed by atoms with Crippen molar-refractivity contribution >= 4 is 11.8 Å². The monoisotopic (exact) mass is 271 g/mol. The zero-order valence-corrected chi connectivity index (χ0v) is 11.8. The molecule has 6 nitrogen and oxygen atoms in total. The summed E-state index contributed by atoms with van der Waals surface area (Å²) in [4.78, 5) is 23.3. The Balaban J connectivity index is 2.21. The average molecular weight is 271 g/mol. The van der Waals surface area contributed by atoms with E-state index in [2.05, 4.69) is 16.0 Å². The van der Waals surface area contributed by atoms with Gasteiger partial charge in [0.15, 0.2) is 0 Å². The van der Waals surface area contributed by atoms with Gasteiger partial charge in [-0.1, -0.05) is 13.8 Å². The van der Waals surface area contributed by atoms with Gasteiger partial charge in [-0.25, -0.2) is 0 Å². The highest BCUT2D eigenvalue weighted by molar-refractivity contribution is 5.81. The molecule has 0 spiro atoms. The van der Waals surface area contributed by atoms with Gasteiger partial charge in [0, 0.05) is 25.6 Å². The molecule has 110 valence electrons. The van der Waals surface area contributed by atoms with Gasteiger partial charge in [-0.2, -0.15) is 0 Å². The predicted octanol–water partition coefficient (Wildman–Crippen LogP) is -0.357. The molecule has 0 radical (unpaired) electrons. The highest BCUT2D eigenvalue weighted by atomic mass is 16.5. The van der Waals surface area contributed by atoms with Crippen LogP contribution in [0.3, 0.4) is 0 Å². The first kappa shape index (κ1) is 15.9. The molecule has 3 N–H and O–H groups in total. The van der Waals surface area contributed by atoms with E-state index < -0.39 is 0 Å². The van der Waals surface area contributed by atoms with Crippen LogP contribution in [0.2, 0.25) is 0 Å². The van der Waals surface area contributed by atoms with Crippen LogP contribution in [0.25, 0.3) is 0 Å². The first-order chi connectivity index (χ1) is 9.19. The van der Waals surface area contributed by atoms with Crippen molar-refractivity contribution in [3.8, 4) is 0 Å². The van der Waals surface area contributed by atoms with Crippen molar-refractivity contribution in [2.45, 2.75) is 32.7 Å². The molecule has 0 aromatic rings. The molecular weight excluding hydrogens is 246 g/mol. The van der Waals surface area contributed by atoms with E-state index >= 15 is 0 Å². The van der Waals surface area contributed by atoms with E-state index in [1.165, 1.54) is 0 Å². The van der Waals surface area contributed by atoms with Crippen molar-refractivity contribution in [3.05, 3.63) is 0 Å². The van der Waals surface area contributed by atoms with E-state index in [0.29, 0.717) is 32.7 Å². The summed E-state index contributed by atoms with van der Waals surface area (Å²) >= 11 is 0. The zero-order chi connectivity index (χ0) is 14.1. The predicted molar refractivity (Wildman–Crippen MR) is 72.7 cm³/mol. The van der Waals surface area contributed by atoms with Gasteiger partial charge in [-0.3, -0.25) is 9.59 Å². The second-order valence-corrected chi connectivity index (χ2v) is 4.70. The van der Waals surface area contributed by atoms with Crippen molar-refractivity contribution in [1.82, 2.24) is 16.0 Å². The van der Waals surface area contributed by atoms with Crippen molar-refractivity contribution < 1.29 is 14.3 Å². The quantitative estimate of drug-likeness (QED) is 0.563. The van der Waals surface area contributed by atoms with E-state index in [4.69, 9.17) is 4.74 Å². The molecule has 6 heteroatoms. The molecule has 1 aliphatic heterocycles. The summed E-state index contributed by atoms with van der Waals surface area (Å²) in [5.41, 5.74) is 0. The summed E-state index contributed by atoms with van der Waals surface area (Å²) in [7, 11) is 0. The highest BCUT2D eigenvalue weighted by Crippen LogP contribution is 2.13. The van der Waals surface area contributed by atoms with Gasteiger partial charge in [-0.15, -0.1) is 0 Å². The van der Waals surface area contributed by atoms with Crippen LogP contribution in [0.15, 0.2) is 0 Å². The second-order valence-electron chi connectivity index (χ2n) is 4.70. The lowest BCUT2D eigenvalue weighted by Gasteiger charge is -2.17.